The molecule has 0 unspecified atom stereocenters. The molecule has 0 fully saturated rings. The Morgan fingerprint density at radius 3 is 1.27 bits per heavy atom. The average molecular weight is 420 g/mol. The van der Waals surface area contributed by atoms with E-state index in [-0.39, 0.29) is 16.5 Å². The van der Waals surface area contributed by atoms with Crippen LogP contribution in [0, 0.1) is 41.5 Å². The molecule has 0 aliphatic heterocycles. The van der Waals surface area contributed by atoms with E-state index in [0.29, 0.717) is 11.1 Å². The van der Waals surface area contributed by atoms with Crippen LogP contribution in [-0.4, -0.2) is 16.5 Å². The summed E-state index contributed by atoms with van der Waals surface area (Å²) in [7, 11) is -1.69. The quantitative estimate of drug-likeness (QED) is 0.512. The second-order valence-electron chi connectivity index (χ2n) is 7.83. The van der Waals surface area contributed by atoms with Crippen LogP contribution in [0.2, 0.25) is 0 Å². The standard InChI is InChI=1S/C26H27O2P.H2O/c1-16-12-18(3)23(19(4)13-16)25(27)29(22-10-8-7-9-11-22)26(28)24-20(5)14-17(2)15-21(24)6;/h7-15H,1-6H3;1H2. The third-order valence-electron chi connectivity index (χ3n) is 5.20. The molecule has 0 aliphatic rings. The van der Waals surface area contributed by atoms with Gasteiger partial charge in [-0.15, -0.1) is 0 Å². The molecule has 3 rings (SSSR count). The summed E-state index contributed by atoms with van der Waals surface area (Å²) in [6, 6.07) is 17.6. The van der Waals surface area contributed by atoms with Crippen molar-refractivity contribution < 1.29 is 15.1 Å². The highest BCUT2D eigenvalue weighted by molar-refractivity contribution is 7.96. The molecule has 3 aromatic rings. The average Bonchev–Trinajstić information content (AvgIpc) is 2.61. The lowest BCUT2D eigenvalue weighted by atomic mass is 10.0. The van der Waals surface area contributed by atoms with Gasteiger partial charge in [0.1, 0.15) is 0 Å². The monoisotopic (exact) mass is 420 g/mol. The summed E-state index contributed by atoms with van der Waals surface area (Å²) >= 11 is 0. The van der Waals surface area contributed by atoms with Crippen molar-refractivity contribution in [1.29, 1.82) is 0 Å². The van der Waals surface area contributed by atoms with Crippen molar-refractivity contribution in [1.82, 2.24) is 0 Å². The van der Waals surface area contributed by atoms with Crippen molar-refractivity contribution in [3.05, 3.63) is 99.1 Å². The predicted molar refractivity (Wildman–Crippen MR) is 127 cm³/mol. The van der Waals surface area contributed by atoms with E-state index in [4.69, 9.17) is 0 Å². The largest absolute Gasteiger partial charge is 0.412 e. The number of benzene rings is 3. The van der Waals surface area contributed by atoms with Crippen molar-refractivity contribution in [2.45, 2.75) is 41.5 Å². The molecule has 0 amide bonds. The fourth-order valence-corrected chi connectivity index (χ4v) is 6.44. The van der Waals surface area contributed by atoms with Crippen molar-refractivity contribution >= 4 is 24.3 Å². The number of carbonyl (C=O) groups is 2. The molecule has 0 bridgehead atoms. The smallest absolute Gasteiger partial charge is 0.197 e. The second kappa shape index (κ2) is 9.47. The zero-order valence-electron chi connectivity index (χ0n) is 18.5. The second-order valence-corrected chi connectivity index (χ2v) is 9.83. The molecule has 30 heavy (non-hydrogen) atoms. The molecular weight excluding hydrogens is 391 g/mol. The maximum absolute atomic E-state index is 13.8. The first-order valence-electron chi connectivity index (χ1n) is 9.80. The van der Waals surface area contributed by atoms with Crippen molar-refractivity contribution in [3.63, 3.8) is 0 Å². The van der Waals surface area contributed by atoms with Crippen molar-refractivity contribution in [2.75, 3.05) is 0 Å². The molecule has 0 saturated carbocycles. The number of hydrogen-bond acceptors (Lipinski definition) is 2. The maximum atomic E-state index is 13.8. The highest BCUT2D eigenvalue weighted by Crippen LogP contribution is 2.45. The Balaban J connectivity index is 0.00000320. The summed E-state index contributed by atoms with van der Waals surface area (Å²) in [6.45, 7) is 11.9. The van der Waals surface area contributed by atoms with Gasteiger partial charge in [-0.3, -0.25) is 9.59 Å². The van der Waals surface area contributed by atoms with E-state index in [0.717, 1.165) is 38.7 Å². The van der Waals surface area contributed by atoms with E-state index in [1.807, 2.05) is 96.1 Å². The minimum Gasteiger partial charge on any atom is -0.412 e. The van der Waals surface area contributed by atoms with Crippen LogP contribution in [0.4, 0.5) is 0 Å². The first-order chi connectivity index (χ1) is 13.7. The Labute approximate surface area is 180 Å². The van der Waals surface area contributed by atoms with E-state index < -0.39 is 7.92 Å². The zero-order valence-corrected chi connectivity index (χ0v) is 19.4. The van der Waals surface area contributed by atoms with Gasteiger partial charge in [0.05, 0.1) is 7.92 Å². The topological polar surface area (TPSA) is 65.6 Å². The van der Waals surface area contributed by atoms with Gasteiger partial charge in [-0.05, 0) is 69.1 Å². The van der Waals surface area contributed by atoms with E-state index in [9.17, 15) is 9.59 Å². The number of aryl methyl sites for hydroxylation is 6. The molecule has 0 atom stereocenters. The zero-order chi connectivity index (χ0) is 21.3. The highest BCUT2D eigenvalue weighted by Gasteiger charge is 2.33. The molecule has 2 N–H and O–H groups in total. The Bertz CT molecular complexity index is 985. The van der Waals surface area contributed by atoms with E-state index >= 15 is 0 Å². The molecule has 0 radical (unpaired) electrons. The van der Waals surface area contributed by atoms with Crippen LogP contribution >= 0.6 is 7.92 Å². The molecule has 0 spiro atoms. The Kier molecular flexibility index (Phi) is 7.47. The van der Waals surface area contributed by atoms with Crippen LogP contribution < -0.4 is 5.30 Å². The van der Waals surface area contributed by atoms with Gasteiger partial charge in [-0.2, -0.15) is 0 Å². The summed E-state index contributed by atoms with van der Waals surface area (Å²) in [5, 5.41) is 0.802. The molecule has 0 saturated heterocycles. The van der Waals surface area contributed by atoms with Crippen LogP contribution in [0.1, 0.15) is 54.1 Å². The molecule has 3 aromatic carbocycles. The fourth-order valence-electron chi connectivity index (χ4n) is 4.16. The number of carbonyl (C=O) groups excluding carboxylic acids is 2. The molecule has 3 nitrogen and oxygen atoms in total. The number of rotatable bonds is 5. The lowest BCUT2D eigenvalue weighted by molar-refractivity contribution is 0.105. The summed E-state index contributed by atoms with van der Waals surface area (Å²) < 4.78 is 0. The normalized spacial score (nSPS) is 10.6. The SMILES string of the molecule is Cc1cc(C)c(C(=O)P(C(=O)c2c(C)cc(C)cc2C)c2ccccc2)c(C)c1.O. The molecule has 0 aliphatic carbocycles. The lowest BCUT2D eigenvalue weighted by Gasteiger charge is -2.21. The minimum atomic E-state index is -1.69. The molecule has 0 aromatic heterocycles. The van der Waals surface area contributed by atoms with Gasteiger partial charge in [-0.1, -0.05) is 65.7 Å². The maximum Gasteiger partial charge on any atom is 0.197 e. The van der Waals surface area contributed by atoms with Crippen LogP contribution in [0.15, 0.2) is 54.6 Å². The van der Waals surface area contributed by atoms with Gasteiger partial charge >= 0.3 is 0 Å². The summed E-state index contributed by atoms with van der Waals surface area (Å²) in [6.07, 6.45) is 0. The van der Waals surface area contributed by atoms with E-state index in [2.05, 4.69) is 0 Å². The first-order valence-corrected chi connectivity index (χ1v) is 11.1. The van der Waals surface area contributed by atoms with Crippen LogP contribution in [0.3, 0.4) is 0 Å². The number of hydrogen-bond donors (Lipinski definition) is 0. The third kappa shape index (κ3) is 4.59. The molecule has 0 heterocycles. The van der Waals surface area contributed by atoms with Gasteiger partial charge in [0.15, 0.2) is 11.0 Å². The van der Waals surface area contributed by atoms with E-state index in [1.54, 1.807) is 0 Å². The molecule has 4 heteroatoms. The highest BCUT2D eigenvalue weighted by atomic mass is 31.1. The van der Waals surface area contributed by atoms with Crippen molar-refractivity contribution in [2.24, 2.45) is 0 Å². The Hall–Kier alpha value is -2.61. The Morgan fingerprint density at radius 2 is 0.933 bits per heavy atom. The predicted octanol–water partition coefficient (Wildman–Crippen LogP) is 5.50. The summed E-state index contributed by atoms with van der Waals surface area (Å²) in [5.74, 6) is 0. The molecular formula is C26H29O3P. The van der Waals surface area contributed by atoms with Crippen LogP contribution in [0.25, 0.3) is 0 Å². The fraction of sp³-hybridized carbons (Fsp3) is 0.231. The van der Waals surface area contributed by atoms with Gasteiger partial charge in [0.25, 0.3) is 0 Å². The van der Waals surface area contributed by atoms with Gasteiger partial charge in [0, 0.05) is 11.1 Å². The van der Waals surface area contributed by atoms with Gasteiger partial charge < -0.3 is 5.48 Å². The lowest BCUT2D eigenvalue weighted by Crippen LogP contribution is -2.19. The Morgan fingerprint density at radius 1 is 0.600 bits per heavy atom. The first kappa shape index (κ1) is 23.7. The van der Waals surface area contributed by atoms with E-state index in [1.165, 1.54) is 0 Å². The van der Waals surface area contributed by atoms with Crippen molar-refractivity contribution in [3.8, 4) is 0 Å². The van der Waals surface area contributed by atoms with Crippen LogP contribution in [0.5, 0.6) is 0 Å². The summed E-state index contributed by atoms with van der Waals surface area (Å²) in [5.41, 5.74) is 7.21. The summed E-state index contributed by atoms with van der Waals surface area (Å²) in [4.78, 5) is 27.6. The third-order valence-corrected chi connectivity index (χ3v) is 7.28. The van der Waals surface area contributed by atoms with Crippen LogP contribution in [-0.2, 0) is 0 Å². The minimum absolute atomic E-state index is 0. The molecule has 156 valence electrons. The van der Waals surface area contributed by atoms with Gasteiger partial charge in [0.2, 0.25) is 0 Å². The van der Waals surface area contributed by atoms with Gasteiger partial charge in [-0.25, -0.2) is 0 Å².